The van der Waals surface area contributed by atoms with Crippen LogP contribution in [0.2, 0.25) is 0 Å². The van der Waals surface area contributed by atoms with Crippen molar-refractivity contribution in [2.75, 3.05) is 0 Å². The zero-order chi connectivity index (χ0) is 23.9. The second-order valence-electron chi connectivity index (χ2n) is 10.0. The van der Waals surface area contributed by atoms with Crippen molar-refractivity contribution in [1.82, 2.24) is 15.6 Å². The van der Waals surface area contributed by atoms with E-state index in [-0.39, 0.29) is 23.9 Å². The topological polar surface area (TPSA) is 80.3 Å². The molecule has 6 nitrogen and oxygen atoms in total. The number of carbonyl (C=O) groups excluding carboxylic acids is 2. The third kappa shape index (κ3) is 7.29. The Kier molecular flexibility index (Phi) is 8.59. The van der Waals surface area contributed by atoms with Gasteiger partial charge in [0.1, 0.15) is 23.1 Å². The minimum atomic E-state index is -0.127. The molecule has 2 amide bonds. The molecule has 4 rings (SSSR count). The number of ether oxygens (including phenoxy) is 1. The number of thiazole rings is 1. The second-order valence-corrected chi connectivity index (χ2v) is 11.0. The Bertz CT molecular complexity index is 955. The van der Waals surface area contributed by atoms with Crippen LogP contribution >= 0.6 is 11.3 Å². The summed E-state index contributed by atoms with van der Waals surface area (Å²) in [5.74, 6) is 1.64. The van der Waals surface area contributed by atoms with Crippen molar-refractivity contribution < 1.29 is 14.3 Å². The Balaban J connectivity index is 1.16. The summed E-state index contributed by atoms with van der Waals surface area (Å²) in [6.07, 6.45) is 10.5. The van der Waals surface area contributed by atoms with Crippen molar-refractivity contribution >= 4 is 23.2 Å². The van der Waals surface area contributed by atoms with Crippen LogP contribution in [-0.4, -0.2) is 28.9 Å². The highest BCUT2D eigenvalue weighted by Gasteiger charge is 2.25. The molecule has 2 aromatic rings. The number of hydrogen-bond donors (Lipinski definition) is 2. The van der Waals surface area contributed by atoms with Crippen LogP contribution in [-0.2, 0) is 11.4 Å². The largest absolute Gasteiger partial charge is 0.486 e. The molecule has 2 saturated carbocycles. The highest BCUT2D eigenvalue weighted by Crippen LogP contribution is 2.28. The van der Waals surface area contributed by atoms with Gasteiger partial charge in [-0.1, -0.05) is 31.7 Å². The summed E-state index contributed by atoms with van der Waals surface area (Å²) in [7, 11) is 0. The van der Waals surface area contributed by atoms with Gasteiger partial charge in [-0.25, -0.2) is 4.98 Å². The lowest BCUT2D eigenvalue weighted by molar-refractivity contribution is -0.122. The standard InChI is InChI=1S/C27H37N3O3S/c1-18-13-19(2)15-23(14-18)33-16-26-30-24(17-34-26)27(32)29-22-10-8-21(9-11-22)28-25(31)12-7-20-5-3-4-6-20/h13-15,17,20-22H,3-12,16H2,1-2H3,(H,28,31)(H,29,32). The van der Waals surface area contributed by atoms with E-state index in [0.29, 0.717) is 18.7 Å². The molecule has 0 unspecified atom stereocenters. The zero-order valence-corrected chi connectivity index (χ0v) is 21.2. The van der Waals surface area contributed by atoms with Gasteiger partial charge in [0.2, 0.25) is 5.91 Å². The first-order chi connectivity index (χ1) is 16.4. The van der Waals surface area contributed by atoms with Crippen molar-refractivity contribution in [1.29, 1.82) is 0 Å². The molecule has 2 fully saturated rings. The van der Waals surface area contributed by atoms with Gasteiger partial charge in [0, 0.05) is 23.9 Å². The van der Waals surface area contributed by atoms with Gasteiger partial charge >= 0.3 is 0 Å². The lowest BCUT2D eigenvalue weighted by atomic mass is 9.90. The van der Waals surface area contributed by atoms with E-state index in [1.807, 2.05) is 26.0 Å². The van der Waals surface area contributed by atoms with Crippen molar-refractivity contribution in [3.05, 3.63) is 45.4 Å². The molecule has 184 valence electrons. The van der Waals surface area contributed by atoms with Crippen LogP contribution in [0.5, 0.6) is 5.75 Å². The number of carbonyl (C=O) groups is 2. The molecule has 2 aliphatic carbocycles. The first-order valence-electron chi connectivity index (χ1n) is 12.7. The van der Waals surface area contributed by atoms with Gasteiger partial charge in [-0.3, -0.25) is 9.59 Å². The maximum Gasteiger partial charge on any atom is 0.270 e. The third-order valence-electron chi connectivity index (χ3n) is 7.02. The number of amides is 2. The molecule has 7 heteroatoms. The quantitative estimate of drug-likeness (QED) is 0.496. The molecule has 1 aromatic carbocycles. The Morgan fingerprint density at radius 2 is 1.62 bits per heavy atom. The van der Waals surface area contributed by atoms with E-state index in [4.69, 9.17) is 4.74 Å². The van der Waals surface area contributed by atoms with Crippen LogP contribution in [0.4, 0.5) is 0 Å². The lowest BCUT2D eigenvalue weighted by Crippen LogP contribution is -2.43. The molecule has 0 bridgehead atoms. The maximum absolute atomic E-state index is 12.7. The summed E-state index contributed by atoms with van der Waals surface area (Å²) in [5.41, 5.74) is 2.77. The summed E-state index contributed by atoms with van der Waals surface area (Å²) in [5, 5.41) is 8.92. The molecular formula is C27H37N3O3S. The average Bonchev–Trinajstić information content (AvgIpc) is 3.49. The summed E-state index contributed by atoms with van der Waals surface area (Å²) >= 11 is 1.44. The van der Waals surface area contributed by atoms with Gasteiger partial charge in [0.25, 0.3) is 5.91 Å². The Hall–Kier alpha value is -2.41. The number of rotatable bonds is 9. The van der Waals surface area contributed by atoms with Crippen molar-refractivity contribution in [3.63, 3.8) is 0 Å². The molecule has 0 spiro atoms. The van der Waals surface area contributed by atoms with Gasteiger partial charge in [-0.2, -0.15) is 0 Å². The van der Waals surface area contributed by atoms with Crippen LogP contribution in [0, 0.1) is 19.8 Å². The number of nitrogens with zero attached hydrogens (tertiary/aromatic N) is 1. The predicted molar refractivity (Wildman–Crippen MR) is 135 cm³/mol. The van der Waals surface area contributed by atoms with Crippen molar-refractivity contribution in [3.8, 4) is 5.75 Å². The Morgan fingerprint density at radius 1 is 0.971 bits per heavy atom. The van der Waals surface area contributed by atoms with E-state index in [1.54, 1.807) is 5.38 Å². The van der Waals surface area contributed by atoms with Gasteiger partial charge in [0.15, 0.2) is 0 Å². The lowest BCUT2D eigenvalue weighted by Gasteiger charge is -2.29. The molecule has 2 N–H and O–H groups in total. The van der Waals surface area contributed by atoms with E-state index in [2.05, 4.69) is 21.7 Å². The normalized spacial score (nSPS) is 20.8. The molecule has 2 aliphatic rings. The van der Waals surface area contributed by atoms with E-state index in [0.717, 1.165) is 59.9 Å². The number of aryl methyl sites for hydroxylation is 2. The van der Waals surface area contributed by atoms with E-state index < -0.39 is 0 Å². The number of aromatic nitrogens is 1. The Labute approximate surface area is 206 Å². The molecule has 1 aromatic heterocycles. The molecular weight excluding hydrogens is 446 g/mol. The van der Waals surface area contributed by atoms with E-state index in [9.17, 15) is 9.59 Å². The van der Waals surface area contributed by atoms with Gasteiger partial charge in [-0.15, -0.1) is 11.3 Å². The number of benzene rings is 1. The minimum absolute atomic E-state index is 0.127. The fraction of sp³-hybridized carbons (Fsp3) is 0.593. The summed E-state index contributed by atoms with van der Waals surface area (Å²) in [6.45, 7) is 4.45. The fourth-order valence-corrected chi connectivity index (χ4v) is 5.90. The molecule has 0 aliphatic heterocycles. The minimum Gasteiger partial charge on any atom is -0.486 e. The third-order valence-corrected chi connectivity index (χ3v) is 7.85. The molecule has 0 atom stereocenters. The van der Waals surface area contributed by atoms with Gasteiger partial charge in [-0.05, 0) is 75.1 Å². The van der Waals surface area contributed by atoms with Crippen molar-refractivity contribution in [2.45, 2.75) is 96.7 Å². The smallest absolute Gasteiger partial charge is 0.270 e. The van der Waals surface area contributed by atoms with E-state index >= 15 is 0 Å². The van der Waals surface area contributed by atoms with E-state index in [1.165, 1.54) is 37.0 Å². The van der Waals surface area contributed by atoms with Crippen LogP contribution in [0.1, 0.15) is 90.8 Å². The number of hydrogen-bond acceptors (Lipinski definition) is 5. The molecule has 34 heavy (non-hydrogen) atoms. The van der Waals surface area contributed by atoms with Crippen LogP contribution in [0.25, 0.3) is 0 Å². The number of nitrogens with one attached hydrogen (secondary N) is 2. The SMILES string of the molecule is Cc1cc(C)cc(OCc2nc(C(=O)NC3CCC(NC(=O)CCC4CCCC4)CC3)cs2)c1. The molecule has 0 saturated heterocycles. The zero-order valence-electron chi connectivity index (χ0n) is 20.4. The first-order valence-corrected chi connectivity index (χ1v) is 13.6. The predicted octanol–water partition coefficient (Wildman–Crippen LogP) is 5.47. The van der Waals surface area contributed by atoms with Crippen LogP contribution in [0.15, 0.2) is 23.6 Å². The summed E-state index contributed by atoms with van der Waals surface area (Å²) in [4.78, 5) is 29.4. The highest BCUT2D eigenvalue weighted by atomic mass is 32.1. The molecule has 0 radical (unpaired) electrons. The van der Waals surface area contributed by atoms with Crippen LogP contribution < -0.4 is 15.4 Å². The Morgan fingerprint density at radius 3 is 2.29 bits per heavy atom. The van der Waals surface area contributed by atoms with Crippen LogP contribution in [0.3, 0.4) is 0 Å². The van der Waals surface area contributed by atoms with Crippen molar-refractivity contribution in [2.24, 2.45) is 5.92 Å². The second kappa shape index (κ2) is 11.8. The van der Waals surface area contributed by atoms with Gasteiger partial charge in [0.05, 0.1) is 0 Å². The average molecular weight is 484 g/mol. The van der Waals surface area contributed by atoms with Gasteiger partial charge < -0.3 is 15.4 Å². The summed E-state index contributed by atoms with van der Waals surface area (Å²) < 4.78 is 5.87. The highest BCUT2D eigenvalue weighted by molar-refractivity contribution is 7.09. The first kappa shape index (κ1) is 24.7. The monoisotopic (exact) mass is 483 g/mol. The summed E-state index contributed by atoms with van der Waals surface area (Å²) in [6, 6.07) is 6.48. The fourth-order valence-electron chi connectivity index (χ4n) is 5.22. The molecule has 1 heterocycles. The maximum atomic E-state index is 12.7.